The first kappa shape index (κ1) is 18.3. The zero-order valence-electron chi connectivity index (χ0n) is 15.5. The number of aryl methyl sites for hydroxylation is 1. The fourth-order valence-corrected chi connectivity index (χ4v) is 2.66. The van der Waals surface area contributed by atoms with Gasteiger partial charge in [-0.2, -0.15) is 0 Å². The van der Waals surface area contributed by atoms with E-state index in [1.165, 1.54) is 0 Å². The number of ether oxygens (including phenoxy) is 2. The molecule has 0 heterocycles. The predicted octanol–water partition coefficient (Wildman–Crippen LogP) is 4.78. The summed E-state index contributed by atoms with van der Waals surface area (Å²) in [5, 5.41) is 9.35. The second-order valence-electron chi connectivity index (χ2n) is 6.14. The number of phenols is 1. The average molecular weight is 363 g/mol. The van der Waals surface area contributed by atoms with Crippen molar-refractivity contribution in [2.75, 3.05) is 19.1 Å². The molecule has 0 saturated carbocycles. The fraction of sp³-hybridized carbons (Fsp3) is 0.136. The Morgan fingerprint density at radius 3 is 2.37 bits per heavy atom. The molecule has 0 aliphatic carbocycles. The van der Waals surface area contributed by atoms with Crippen LogP contribution in [0.15, 0.2) is 66.7 Å². The van der Waals surface area contributed by atoms with Gasteiger partial charge in [-0.15, -0.1) is 0 Å². The lowest BCUT2D eigenvalue weighted by Crippen LogP contribution is -2.26. The minimum atomic E-state index is -0.125. The topological polar surface area (TPSA) is 59.0 Å². The van der Waals surface area contributed by atoms with Crippen molar-refractivity contribution in [2.45, 2.75) is 6.92 Å². The fourth-order valence-electron chi connectivity index (χ4n) is 2.66. The smallest absolute Gasteiger partial charge is 0.258 e. The van der Waals surface area contributed by atoms with E-state index in [-0.39, 0.29) is 11.7 Å². The van der Waals surface area contributed by atoms with Gasteiger partial charge in [0, 0.05) is 18.3 Å². The highest BCUT2D eigenvalue weighted by molar-refractivity contribution is 6.06. The monoisotopic (exact) mass is 363 g/mol. The normalized spacial score (nSPS) is 10.3. The van der Waals surface area contributed by atoms with Crippen LogP contribution < -0.4 is 14.4 Å². The Hall–Kier alpha value is -3.47. The van der Waals surface area contributed by atoms with E-state index in [0.717, 1.165) is 11.3 Å². The first-order valence-corrected chi connectivity index (χ1v) is 8.47. The maximum Gasteiger partial charge on any atom is 0.258 e. The molecule has 0 aromatic heterocycles. The van der Waals surface area contributed by atoms with Crippen LogP contribution >= 0.6 is 0 Å². The summed E-state index contributed by atoms with van der Waals surface area (Å²) in [6.45, 7) is 1.92. The molecule has 0 unspecified atom stereocenters. The molecule has 27 heavy (non-hydrogen) atoms. The summed E-state index contributed by atoms with van der Waals surface area (Å²) >= 11 is 0. The van der Waals surface area contributed by atoms with Crippen LogP contribution in [0.5, 0.6) is 23.0 Å². The quantitative estimate of drug-likeness (QED) is 0.709. The average Bonchev–Trinajstić information content (AvgIpc) is 2.70. The van der Waals surface area contributed by atoms with Crippen LogP contribution in [-0.2, 0) is 0 Å². The predicted molar refractivity (Wildman–Crippen MR) is 105 cm³/mol. The van der Waals surface area contributed by atoms with E-state index in [9.17, 15) is 9.90 Å². The molecule has 0 atom stereocenters. The van der Waals surface area contributed by atoms with Crippen LogP contribution in [0, 0.1) is 6.92 Å². The summed E-state index contributed by atoms with van der Waals surface area (Å²) in [6.07, 6.45) is 0. The van der Waals surface area contributed by atoms with Crippen LogP contribution in [0.4, 0.5) is 5.69 Å². The highest BCUT2D eigenvalue weighted by atomic mass is 16.5. The van der Waals surface area contributed by atoms with Crippen molar-refractivity contribution in [1.29, 1.82) is 0 Å². The van der Waals surface area contributed by atoms with Gasteiger partial charge in [-0.25, -0.2) is 0 Å². The molecule has 1 N–H and O–H groups in total. The minimum Gasteiger partial charge on any atom is -0.508 e. The zero-order valence-corrected chi connectivity index (χ0v) is 15.5. The van der Waals surface area contributed by atoms with E-state index < -0.39 is 0 Å². The second-order valence-corrected chi connectivity index (χ2v) is 6.14. The molecule has 3 rings (SSSR count). The molecule has 1 amide bonds. The standard InChI is InChI=1S/C22H21NO4/c1-15-13-17(7-12-21(15)27-19-10-8-18(24)9-11-19)23(2)22(25)16-5-4-6-20(14-16)26-3/h4-14,24H,1-3H3. The summed E-state index contributed by atoms with van der Waals surface area (Å²) in [4.78, 5) is 14.3. The number of carbonyl (C=O) groups excluding carboxylic acids is 1. The van der Waals surface area contributed by atoms with E-state index in [1.807, 2.05) is 25.1 Å². The van der Waals surface area contributed by atoms with Gasteiger partial charge in [-0.1, -0.05) is 6.07 Å². The number of anilines is 1. The summed E-state index contributed by atoms with van der Waals surface area (Å²) < 4.78 is 11.0. The van der Waals surface area contributed by atoms with Crippen molar-refractivity contribution >= 4 is 11.6 Å². The molecule has 3 aromatic rings. The van der Waals surface area contributed by atoms with Crippen LogP contribution in [0.1, 0.15) is 15.9 Å². The van der Waals surface area contributed by atoms with Crippen molar-refractivity contribution in [2.24, 2.45) is 0 Å². The lowest BCUT2D eigenvalue weighted by atomic mass is 10.1. The molecular formula is C22H21NO4. The summed E-state index contributed by atoms with van der Waals surface area (Å²) in [5.74, 6) is 2.02. The number of amides is 1. The van der Waals surface area contributed by atoms with E-state index in [2.05, 4.69) is 0 Å². The molecule has 0 bridgehead atoms. The number of nitrogens with zero attached hydrogens (tertiary/aromatic N) is 1. The third-order valence-corrected chi connectivity index (χ3v) is 4.23. The minimum absolute atomic E-state index is 0.125. The third kappa shape index (κ3) is 4.20. The largest absolute Gasteiger partial charge is 0.508 e. The first-order chi connectivity index (χ1) is 13.0. The van der Waals surface area contributed by atoms with Crippen LogP contribution in [-0.4, -0.2) is 25.2 Å². The van der Waals surface area contributed by atoms with Crippen LogP contribution in [0.2, 0.25) is 0 Å². The number of hydrogen-bond donors (Lipinski definition) is 1. The molecule has 0 aliphatic heterocycles. The van der Waals surface area contributed by atoms with Gasteiger partial charge in [-0.3, -0.25) is 4.79 Å². The second kappa shape index (κ2) is 7.83. The van der Waals surface area contributed by atoms with Crippen LogP contribution in [0.25, 0.3) is 0 Å². The molecular weight excluding hydrogens is 342 g/mol. The number of carbonyl (C=O) groups is 1. The highest BCUT2D eigenvalue weighted by Crippen LogP contribution is 2.30. The van der Waals surface area contributed by atoms with Crippen molar-refractivity contribution in [3.8, 4) is 23.0 Å². The van der Waals surface area contributed by atoms with E-state index >= 15 is 0 Å². The SMILES string of the molecule is COc1cccc(C(=O)N(C)c2ccc(Oc3ccc(O)cc3)c(C)c2)c1. The first-order valence-electron chi connectivity index (χ1n) is 8.47. The van der Waals surface area contributed by atoms with Gasteiger partial charge in [0.25, 0.3) is 5.91 Å². The van der Waals surface area contributed by atoms with Gasteiger partial charge < -0.3 is 19.5 Å². The molecule has 0 spiro atoms. The Bertz CT molecular complexity index is 951. The number of phenolic OH excluding ortho intramolecular Hbond substituents is 1. The number of methoxy groups -OCH3 is 1. The van der Waals surface area contributed by atoms with E-state index in [1.54, 1.807) is 67.6 Å². The Morgan fingerprint density at radius 1 is 0.963 bits per heavy atom. The summed E-state index contributed by atoms with van der Waals surface area (Å²) in [7, 11) is 3.31. The summed E-state index contributed by atoms with van der Waals surface area (Å²) in [5.41, 5.74) is 2.21. The Morgan fingerprint density at radius 2 is 1.70 bits per heavy atom. The molecule has 0 aliphatic rings. The number of hydrogen-bond acceptors (Lipinski definition) is 4. The highest BCUT2D eigenvalue weighted by Gasteiger charge is 2.15. The Balaban J connectivity index is 1.79. The molecule has 0 radical (unpaired) electrons. The maximum absolute atomic E-state index is 12.7. The van der Waals surface area contributed by atoms with Gasteiger partial charge in [0.2, 0.25) is 0 Å². The lowest BCUT2D eigenvalue weighted by molar-refractivity contribution is 0.0992. The molecule has 5 nitrogen and oxygen atoms in total. The molecule has 0 fully saturated rings. The molecule has 0 saturated heterocycles. The third-order valence-electron chi connectivity index (χ3n) is 4.23. The van der Waals surface area contributed by atoms with E-state index in [4.69, 9.17) is 9.47 Å². The van der Waals surface area contributed by atoms with Crippen molar-refractivity contribution in [3.63, 3.8) is 0 Å². The maximum atomic E-state index is 12.7. The van der Waals surface area contributed by atoms with Crippen molar-refractivity contribution < 1.29 is 19.4 Å². The van der Waals surface area contributed by atoms with Gasteiger partial charge in [0.1, 0.15) is 23.0 Å². The van der Waals surface area contributed by atoms with E-state index in [0.29, 0.717) is 22.8 Å². The van der Waals surface area contributed by atoms with Crippen molar-refractivity contribution in [3.05, 3.63) is 77.9 Å². The summed E-state index contributed by atoms with van der Waals surface area (Å²) in [6, 6.07) is 19.2. The zero-order chi connectivity index (χ0) is 19.4. The molecule has 138 valence electrons. The number of benzene rings is 3. The Kier molecular flexibility index (Phi) is 5.31. The van der Waals surface area contributed by atoms with Gasteiger partial charge >= 0.3 is 0 Å². The Labute approximate surface area is 158 Å². The number of rotatable bonds is 5. The molecule has 5 heteroatoms. The van der Waals surface area contributed by atoms with Crippen molar-refractivity contribution in [1.82, 2.24) is 0 Å². The van der Waals surface area contributed by atoms with Gasteiger partial charge in [0.15, 0.2) is 0 Å². The van der Waals surface area contributed by atoms with Gasteiger partial charge in [0.05, 0.1) is 7.11 Å². The lowest BCUT2D eigenvalue weighted by Gasteiger charge is -2.19. The van der Waals surface area contributed by atoms with Crippen LogP contribution in [0.3, 0.4) is 0 Å². The van der Waals surface area contributed by atoms with Gasteiger partial charge in [-0.05, 0) is 73.2 Å². The molecule has 3 aromatic carbocycles. The number of aromatic hydroxyl groups is 1.